The van der Waals surface area contributed by atoms with Crippen LogP contribution in [0, 0.1) is 0 Å². The third kappa shape index (κ3) is 4.16. The van der Waals surface area contributed by atoms with Crippen molar-refractivity contribution in [2.24, 2.45) is 0 Å². The summed E-state index contributed by atoms with van der Waals surface area (Å²) in [6.07, 6.45) is 3.86. The summed E-state index contributed by atoms with van der Waals surface area (Å²) < 4.78 is 0. The Morgan fingerprint density at radius 3 is 2.68 bits per heavy atom. The van der Waals surface area contributed by atoms with Gasteiger partial charge in [0.15, 0.2) is 0 Å². The van der Waals surface area contributed by atoms with Gasteiger partial charge in [-0.05, 0) is 12.8 Å². The van der Waals surface area contributed by atoms with Gasteiger partial charge < -0.3 is 10.2 Å². The van der Waals surface area contributed by atoms with Crippen LogP contribution >= 0.6 is 11.6 Å². The lowest BCUT2D eigenvalue weighted by Crippen LogP contribution is -2.33. The van der Waals surface area contributed by atoms with Gasteiger partial charge in [0.1, 0.15) is 11.5 Å². The quantitative estimate of drug-likeness (QED) is 0.898. The first-order valence-electron chi connectivity index (χ1n) is 7.57. The maximum Gasteiger partial charge on any atom is 0.271 e. The molecule has 0 saturated carbocycles. The van der Waals surface area contributed by atoms with Crippen LogP contribution in [0.1, 0.15) is 55.3 Å². The maximum atomic E-state index is 12.1. The van der Waals surface area contributed by atoms with Crippen LogP contribution in [-0.2, 0) is 4.79 Å². The van der Waals surface area contributed by atoms with Crippen LogP contribution in [0.3, 0.4) is 0 Å². The molecule has 1 aromatic heterocycles. The van der Waals surface area contributed by atoms with Gasteiger partial charge in [0.05, 0.1) is 11.2 Å². The Morgan fingerprint density at radius 2 is 2.05 bits per heavy atom. The highest BCUT2D eigenvalue weighted by Gasteiger charge is 2.19. The van der Waals surface area contributed by atoms with Crippen LogP contribution in [0.25, 0.3) is 0 Å². The highest BCUT2D eigenvalue weighted by molar-refractivity contribution is 6.33. The lowest BCUT2D eigenvalue weighted by molar-refractivity contribution is -0.129. The highest BCUT2D eigenvalue weighted by Crippen LogP contribution is 2.16. The minimum Gasteiger partial charge on any atom is -0.350 e. The molecule has 1 aliphatic rings. The number of nitrogens with zero attached hydrogens (tertiary/aromatic N) is 3. The van der Waals surface area contributed by atoms with E-state index in [1.165, 1.54) is 6.20 Å². The molecule has 22 heavy (non-hydrogen) atoms. The number of nitrogens with one attached hydrogen (secondary N) is 1. The Labute approximate surface area is 135 Å². The monoisotopic (exact) mass is 324 g/mol. The maximum absolute atomic E-state index is 12.1. The molecule has 2 amide bonds. The molecular formula is C15H21ClN4O2. The summed E-state index contributed by atoms with van der Waals surface area (Å²) in [5, 5.41) is 2.91. The number of carbonyl (C=O) groups excluding carboxylic acids is 2. The van der Waals surface area contributed by atoms with Gasteiger partial charge in [0, 0.05) is 32.0 Å². The van der Waals surface area contributed by atoms with E-state index in [2.05, 4.69) is 15.3 Å². The molecule has 1 aliphatic heterocycles. The summed E-state index contributed by atoms with van der Waals surface area (Å²) in [5.41, 5.74) is 0.161. The minimum atomic E-state index is -0.372. The average Bonchev–Trinajstić information content (AvgIpc) is 3.01. The lowest BCUT2D eigenvalue weighted by atomic mass is 10.2. The summed E-state index contributed by atoms with van der Waals surface area (Å²) in [5.74, 6) is 0.390. The fourth-order valence-corrected chi connectivity index (χ4v) is 2.49. The Hall–Kier alpha value is -1.69. The summed E-state index contributed by atoms with van der Waals surface area (Å²) in [6, 6.07) is 0. The first-order chi connectivity index (χ1) is 10.5. The summed E-state index contributed by atoms with van der Waals surface area (Å²) in [4.78, 5) is 34.2. The first kappa shape index (κ1) is 16.7. The van der Waals surface area contributed by atoms with E-state index < -0.39 is 0 Å². The van der Waals surface area contributed by atoms with E-state index in [9.17, 15) is 9.59 Å². The van der Waals surface area contributed by atoms with Crippen molar-refractivity contribution in [1.29, 1.82) is 0 Å². The van der Waals surface area contributed by atoms with Crippen molar-refractivity contribution in [3.63, 3.8) is 0 Å². The van der Waals surface area contributed by atoms with E-state index in [1.54, 1.807) is 0 Å². The second kappa shape index (κ2) is 7.54. The normalized spacial score (nSPS) is 14.5. The van der Waals surface area contributed by atoms with Crippen molar-refractivity contribution in [2.75, 3.05) is 19.6 Å². The Kier molecular flexibility index (Phi) is 5.71. The number of carbonyl (C=O) groups is 2. The number of hydrogen-bond donors (Lipinski definition) is 1. The molecule has 0 spiro atoms. The van der Waals surface area contributed by atoms with E-state index in [4.69, 9.17) is 11.6 Å². The molecule has 6 nitrogen and oxygen atoms in total. The van der Waals surface area contributed by atoms with E-state index in [0.717, 1.165) is 25.9 Å². The van der Waals surface area contributed by atoms with Crippen molar-refractivity contribution in [2.45, 2.75) is 39.0 Å². The molecule has 1 aromatic rings. The molecule has 0 unspecified atom stereocenters. The van der Waals surface area contributed by atoms with E-state index >= 15 is 0 Å². The number of likely N-dealkylation sites (tertiary alicyclic amines) is 1. The Morgan fingerprint density at radius 1 is 1.36 bits per heavy atom. The van der Waals surface area contributed by atoms with Crippen LogP contribution < -0.4 is 5.32 Å². The lowest BCUT2D eigenvalue weighted by Gasteiger charge is -2.15. The second-order valence-electron chi connectivity index (χ2n) is 5.67. The van der Waals surface area contributed by atoms with E-state index in [1.807, 2.05) is 18.7 Å². The van der Waals surface area contributed by atoms with Crippen LogP contribution in [0.4, 0.5) is 0 Å². The predicted molar refractivity (Wildman–Crippen MR) is 83.9 cm³/mol. The van der Waals surface area contributed by atoms with Gasteiger partial charge in [-0.25, -0.2) is 9.97 Å². The van der Waals surface area contributed by atoms with Gasteiger partial charge in [-0.15, -0.1) is 0 Å². The number of amides is 2. The fourth-order valence-electron chi connectivity index (χ4n) is 2.31. The summed E-state index contributed by atoms with van der Waals surface area (Å²) >= 11 is 5.98. The van der Waals surface area contributed by atoms with Gasteiger partial charge in [-0.3, -0.25) is 9.59 Å². The SMILES string of the molecule is CC(C)c1ncc(Cl)c(C(=O)NCCC(=O)N2CCCC2)n1. The molecule has 0 radical (unpaired) electrons. The largest absolute Gasteiger partial charge is 0.350 e. The smallest absolute Gasteiger partial charge is 0.271 e. The number of rotatable bonds is 5. The molecule has 0 atom stereocenters. The Bertz CT molecular complexity index is 556. The van der Waals surface area contributed by atoms with Crippen LogP contribution in [0.5, 0.6) is 0 Å². The van der Waals surface area contributed by atoms with Gasteiger partial charge in [0.2, 0.25) is 5.91 Å². The molecule has 1 N–H and O–H groups in total. The van der Waals surface area contributed by atoms with Crippen molar-refractivity contribution in [3.8, 4) is 0 Å². The molecule has 120 valence electrons. The third-order valence-electron chi connectivity index (χ3n) is 3.58. The number of hydrogen-bond acceptors (Lipinski definition) is 4. The molecule has 0 aliphatic carbocycles. The Balaban J connectivity index is 1.89. The van der Waals surface area contributed by atoms with Crippen molar-refractivity contribution in [3.05, 3.63) is 22.7 Å². The van der Waals surface area contributed by atoms with E-state index in [0.29, 0.717) is 12.2 Å². The number of halogens is 1. The molecule has 2 heterocycles. The zero-order valence-corrected chi connectivity index (χ0v) is 13.7. The second-order valence-corrected chi connectivity index (χ2v) is 6.08. The molecule has 7 heteroatoms. The molecule has 1 fully saturated rings. The van der Waals surface area contributed by atoms with Gasteiger partial charge in [-0.2, -0.15) is 0 Å². The molecular weight excluding hydrogens is 304 g/mol. The van der Waals surface area contributed by atoms with Gasteiger partial charge in [0.25, 0.3) is 5.91 Å². The molecule has 0 bridgehead atoms. The molecule has 0 aromatic carbocycles. The standard InChI is InChI=1S/C15H21ClN4O2/c1-10(2)14-18-9-11(16)13(19-14)15(22)17-6-5-12(21)20-7-3-4-8-20/h9-10H,3-8H2,1-2H3,(H,17,22). The first-order valence-corrected chi connectivity index (χ1v) is 7.95. The van der Waals surface area contributed by atoms with Crippen LogP contribution in [0.15, 0.2) is 6.20 Å². The zero-order valence-electron chi connectivity index (χ0n) is 12.9. The highest BCUT2D eigenvalue weighted by atomic mass is 35.5. The third-order valence-corrected chi connectivity index (χ3v) is 3.85. The topological polar surface area (TPSA) is 75.2 Å². The molecule has 2 rings (SSSR count). The van der Waals surface area contributed by atoms with Crippen molar-refractivity contribution >= 4 is 23.4 Å². The molecule has 1 saturated heterocycles. The fraction of sp³-hybridized carbons (Fsp3) is 0.600. The zero-order chi connectivity index (χ0) is 16.1. The van der Waals surface area contributed by atoms with Gasteiger partial charge >= 0.3 is 0 Å². The predicted octanol–water partition coefficient (Wildman–Crippen LogP) is 2.00. The minimum absolute atomic E-state index is 0.0782. The van der Waals surface area contributed by atoms with Crippen LogP contribution in [0.2, 0.25) is 5.02 Å². The number of aromatic nitrogens is 2. The van der Waals surface area contributed by atoms with Crippen molar-refractivity contribution in [1.82, 2.24) is 20.2 Å². The van der Waals surface area contributed by atoms with Gasteiger partial charge in [-0.1, -0.05) is 25.4 Å². The summed E-state index contributed by atoms with van der Waals surface area (Å²) in [7, 11) is 0. The summed E-state index contributed by atoms with van der Waals surface area (Å²) in [6.45, 7) is 5.81. The average molecular weight is 325 g/mol. The van der Waals surface area contributed by atoms with E-state index in [-0.39, 0.29) is 35.0 Å². The van der Waals surface area contributed by atoms with Crippen LogP contribution in [-0.4, -0.2) is 46.3 Å². The van der Waals surface area contributed by atoms with Crippen molar-refractivity contribution < 1.29 is 9.59 Å².